The minimum absolute atomic E-state index is 0.0845. The normalized spacial score (nSPS) is 20.6. The van der Waals surface area contributed by atoms with Crippen LogP contribution < -0.4 is 5.32 Å². The predicted octanol–water partition coefficient (Wildman–Crippen LogP) is 3.48. The largest absolute Gasteiger partial charge is 0.390 e. The quantitative estimate of drug-likeness (QED) is 0.411. The maximum atomic E-state index is 13.3. The number of carbonyl (C=O) groups is 2. The van der Waals surface area contributed by atoms with Crippen molar-refractivity contribution in [1.29, 1.82) is 0 Å². The van der Waals surface area contributed by atoms with E-state index in [-0.39, 0.29) is 24.9 Å². The maximum absolute atomic E-state index is 13.3. The van der Waals surface area contributed by atoms with Gasteiger partial charge in [-0.3, -0.25) is 14.6 Å². The Balaban J connectivity index is 1.13. The molecule has 226 valence electrons. The number of piperidine rings is 2. The van der Waals surface area contributed by atoms with Crippen LogP contribution >= 0.6 is 0 Å². The molecule has 0 unspecified atom stereocenters. The number of hydrogen-bond acceptors (Lipinski definition) is 6. The topological polar surface area (TPSA) is 135 Å². The second-order valence-electron chi connectivity index (χ2n) is 12.3. The van der Waals surface area contributed by atoms with Crippen molar-refractivity contribution in [2.45, 2.75) is 57.6 Å². The number of nitrogens with one attached hydrogen (secondary N) is 2. The highest BCUT2D eigenvalue weighted by Gasteiger charge is 2.47. The van der Waals surface area contributed by atoms with Gasteiger partial charge in [-0.05, 0) is 98.9 Å². The number of rotatable bonds is 5. The molecule has 2 amide bonds. The summed E-state index contributed by atoms with van der Waals surface area (Å²) < 4.78 is 28.0. The highest BCUT2D eigenvalue weighted by molar-refractivity contribution is 7.92. The molecule has 3 aromatic rings. The second-order valence-corrected chi connectivity index (χ2v) is 14.1. The van der Waals surface area contributed by atoms with Crippen LogP contribution in [0.15, 0.2) is 53.0 Å². The van der Waals surface area contributed by atoms with E-state index < -0.39 is 21.2 Å². The van der Waals surface area contributed by atoms with E-state index in [9.17, 15) is 23.1 Å². The summed E-state index contributed by atoms with van der Waals surface area (Å²) in [5, 5.41) is 15.4. The van der Waals surface area contributed by atoms with E-state index in [1.165, 1.54) is 9.71 Å². The van der Waals surface area contributed by atoms with Crippen molar-refractivity contribution in [3.63, 3.8) is 0 Å². The molecule has 0 radical (unpaired) electrons. The number of hydrogen-bond donors (Lipinski definition) is 3. The molecule has 1 spiro atoms. The van der Waals surface area contributed by atoms with Crippen LogP contribution in [0.4, 0.5) is 0 Å². The number of H-pyrrole nitrogens is 1. The summed E-state index contributed by atoms with van der Waals surface area (Å²) in [5.74, 6) is 0.231. The predicted molar refractivity (Wildman–Crippen MR) is 166 cm³/mol. The summed E-state index contributed by atoms with van der Waals surface area (Å²) in [7, 11) is -3.75. The number of amidine groups is 1. The van der Waals surface area contributed by atoms with Gasteiger partial charge in [-0.25, -0.2) is 8.42 Å². The fraction of sp³-hybridized carbons (Fsp3) is 0.406. The van der Waals surface area contributed by atoms with Gasteiger partial charge in [-0.1, -0.05) is 12.1 Å². The molecule has 43 heavy (non-hydrogen) atoms. The van der Waals surface area contributed by atoms with E-state index in [1.54, 1.807) is 30.0 Å². The van der Waals surface area contributed by atoms with E-state index in [1.807, 2.05) is 44.3 Å². The molecule has 11 heteroatoms. The number of aromatic amines is 1. The van der Waals surface area contributed by atoms with Gasteiger partial charge in [0.2, 0.25) is 10.0 Å². The molecule has 0 saturated carbocycles. The van der Waals surface area contributed by atoms with Crippen LogP contribution in [0.3, 0.4) is 0 Å². The SMILES string of the molecule is Cc1cc(C(=O)N2CCC(C)(O)CC2)cc(C)c1C=CS(=O)(=O)N1CCC2(CC1)N=C(c1ccc3cc[nH]c3c1)NC2=O. The molecule has 1 aromatic heterocycles. The summed E-state index contributed by atoms with van der Waals surface area (Å²) in [6.45, 7) is 6.88. The zero-order chi connectivity index (χ0) is 30.6. The minimum atomic E-state index is -3.75. The Hall–Kier alpha value is -3.80. The van der Waals surface area contributed by atoms with Crippen molar-refractivity contribution in [2.24, 2.45) is 4.99 Å². The summed E-state index contributed by atoms with van der Waals surface area (Å²) >= 11 is 0. The lowest BCUT2D eigenvalue weighted by Crippen LogP contribution is -2.50. The number of amides is 2. The number of sulfonamides is 1. The molecule has 3 aliphatic heterocycles. The van der Waals surface area contributed by atoms with Gasteiger partial charge in [-0.2, -0.15) is 4.31 Å². The minimum Gasteiger partial charge on any atom is -0.390 e. The average Bonchev–Trinajstić information content (AvgIpc) is 3.56. The van der Waals surface area contributed by atoms with E-state index >= 15 is 0 Å². The van der Waals surface area contributed by atoms with Crippen molar-refractivity contribution in [3.05, 3.63) is 75.8 Å². The first-order chi connectivity index (χ1) is 20.4. The van der Waals surface area contributed by atoms with Crippen molar-refractivity contribution >= 4 is 44.7 Å². The van der Waals surface area contributed by atoms with Gasteiger partial charge in [0.25, 0.3) is 11.8 Å². The molecule has 2 fully saturated rings. The van der Waals surface area contributed by atoms with Gasteiger partial charge in [0.1, 0.15) is 11.4 Å². The first-order valence-electron chi connectivity index (χ1n) is 14.7. The third kappa shape index (κ3) is 5.64. The third-order valence-corrected chi connectivity index (χ3v) is 10.7. The molecular formula is C32H37N5O5S. The molecule has 0 aliphatic carbocycles. The van der Waals surface area contributed by atoms with Crippen molar-refractivity contribution < 1.29 is 23.1 Å². The molecule has 2 aromatic carbocycles. The molecule has 3 aliphatic rings. The lowest BCUT2D eigenvalue weighted by Gasteiger charge is -2.36. The smallest absolute Gasteiger partial charge is 0.253 e. The van der Waals surface area contributed by atoms with Crippen LogP contribution in [0.5, 0.6) is 0 Å². The monoisotopic (exact) mass is 603 g/mol. The number of aliphatic imine (C=N–C) groups is 1. The van der Waals surface area contributed by atoms with Gasteiger partial charge in [0.15, 0.2) is 0 Å². The van der Waals surface area contributed by atoms with E-state index in [0.717, 1.165) is 33.2 Å². The summed E-state index contributed by atoms with van der Waals surface area (Å²) in [4.78, 5) is 35.9. The van der Waals surface area contributed by atoms with Crippen LogP contribution in [0.1, 0.15) is 65.2 Å². The standard InChI is InChI=1S/C32H37N5O5S/c1-21-18-25(29(38)36-13-8-31(3,40)9-14-36)19-22(2)26(21)7-17-43(41,42)37-15-10-32(11-16-37)30(39)34-28(35-32)24-5-4-23-6-12-33-27(23)20-24/h4-7,12,17-20,33,40H,8-11,13-16H2,1-3H3,(H,34,35,39). The number of aliphatic hydroxyl groups is 1. The Labute approximate surface area is 251 Å². The number of fused-ring (bicyclic) bond motifs is 1. The lowest BCUT2D eigenvalue weighted by molar-refractivity contribution is -0.124. The molecule has 0 bridgehead atoms. The summed E-state index contributed by atoms with van der Waals surface area (Å²) in [6, 6.07) is 11.4. The van der Waals surface area contributed by atoms with E-state index in [2.05, 4.69) is 10.3 Å². The number of benzene rings is 2. The zero-order valence-electron chi connectivity index (χ0n) is 24.7. The number of carbonyl (C=O) groups excluding carboxylic acids is 2. The Kier molecular flexibility index (Phi) is 7.30. The van der Waals surface area contributed by atoms with E-state index in [4.69, 9.17) is 4.99 Å². The number of aryl methyl sites for hydroxylation is 2. The van der Waals surface area contributed by atoms with Crippen LogP contribution in [0, 0.1) is 13.8 Å². The number of aromatic nitrogens is 1. The molecule has 3 N–H and O–H groups in total. The van der Waals surface area contributed by atoms with Gasteiger partial charge in [0, 0.05) is 54.4 Å². The second kappa shape index (κ2) is 10.7. The van der Waals surface area contributed by atoms with Crippen LogP contribution in [-0.2, 0) is 14.8 Å². The van der Waals surface area contributed by atoms with Gasteiger partial charge >= 0.3 is 0 Å². The fourth-order valence-corrected chi connectivity index (χ4v) is 7.44. The molecular weight excluding hydrogens is 566 g/mol. The number of nitrogens with zero attached hydrogens (tertiary/aromatic N) is 3. The molecule has 6 rings (SSSR count). The van der Waals surface area contributed by atoms with Crippen LogP contribution in [-0.4, -0.2) is 82.7 Å². The fourth-order valence-electron chi connectivity index (χ4n) is 6.27. The van der Waals surface area contributed by atoms with E-state index in [0.29, 0.717) is 50.2 Å². The lowest BCUT2D eigenvalue weighted by atomic mass is 9.89. The summed E-state index contributed by atoms with van der Waals surface area (Å²) in [6.07, 6.45) is 5.11. The van der Waals surface area contributed by atoms with Gasteiger partial charge in [-0.15, -0.1) is 0 Å². The Morgan fingerprint density at radius 2 is 1.67 bits per heavy atom. The highest BCUT2D eigenvalue weighted by Crippen LogP contribution is 2.33. The van der Waals surface area contributed by atoms with Crippen LogP contribution in [0.25, 0.3) is 17.0 Å². The number of likely N-dealkylation sites (tertiary alicyclic amines) is 1. The Bertz CT molecular complexity index is 1750. The maximum Gasteiger partial charge on any atom is 0.253 e. The molecule has 0 atom stereocenters. The van der Waals surface area contributed by atoms with Crippen molar-refractivity contribution in [2.75, 3.05) is 26.2 Å². The highest BCUT2D eigenvalue weighted by atomic mass is 32.2. The Morgan fingerprint density at radius 1 is 1.00 bits per heavy atom. The molecule has 4 heterocycles. The first kappa shape index (κ1) is 29.3. The van der Waals surface area contributed by atoms with Crippen molar-refractivity contribution in [3.8, 4) is 0 Å². The first-order valence-corrected chi connectivity index (χ1v) is 16.2. The van der Waals surface area contributed by atoms with Crippen molar-refractivity contribution in [1.82, 2.24) is 19.5 Å². The van der Waals surface area contributed by atoms with Crippen LogP contribution in [0.2, 0.25) is 0 Å². The molecule has 2 saturated heterocycles. The van der Waals surface area contributed by atoms with Gasteiger partial charge < -0.3 is 20.3 Å². The summed E-state index contributed by atoms with van der Waals surface area (Å²) in [5.41, 5.74) is 2.95. The molecule has 10 nitrogen and oxygen atoms in total. The Morgan fingerprint density at radius 3 is 2.35 bits per heavy atom. The zero-order valence-corrected chi connectivity index (χ0v) is 25.5. The third-order valence-electron chi connectivity index (χ3n) is 9.09. The van der Waals surface area contributed by atoms with Gasteiger partial charge in [0.05, 0.1) is 5.60 Å². The average molecular weight is 604 g/mol.